The van der Waals surface area contributed by atoms with E-state index in [-0.39, 0.29) is 5.69 Å². The van der Waals surface area contributed by atoms with Crippen LogP contribution in [0, 0.1) is 16.0 Å². The number of hydrogen-bond donors (Lipinski definition) is 2. The second-order valence-corrected chi connectivity index (χ2v) is 4.75. The summed E-state index contributed by atoms with van der Waals surface area (Å²) in [5.74, 6) is -1.39. The molecule has 110 valence electrons. The first-order valence-corrected chi connectivity index (χ1v) is 6.49. The number of carboxylic acids is 1. The fourth-order valence-electron chi connectivity index (χ4n) is 1.99. The van der Waals surface area contributed by atoms with Crippen molar-refractivity contribution in [1.29, 1.82) is 0 Å². The summed E-state index contributed by atoms with van der Waals surface area (Å²) in [6.45, 7) is 1.94. The Morgan fingerprint density at radius 2 is 2.19 bits per heavy atom. The van der Waals surface area contributed by atoms with Crippen molar-refractivity contribution in [2.24, 2.45) is 5.92 Å². The molecule has 0 aliphatic rings. The molecule has 0 aliphatic carbocycles. The van der Waals surface area contributed by atoms with Crippen molar-refractivity contribution >= 4 is 28.2 Å². The van der Waals surface area contributed by atoms with Gasteiger partial charge in [0.1, 0.15) is 11.9 Å². The van der Waals surface area contributed by atoms with Gasteiger partial charge in [0, 0.05) is 11.9 Å². The van der Waals surface area contributed by atoms with E-state index in [2.05, 4.69) is 10.3 Å². The molecule has 0 bridgehead atoms. The number of nitrogens with zero attached hydrogens (tertiary/aromatic N) is 2. The van der Waals surface area contributed by atoms with Crippen LogP contribution in [-0.4, -0.2) is 27.5 Å². The Kier molecular flexibility index (Phi) is 4.32. The molecule has 1 aromatic heterocycles. The number of aliphatic carboxylic acids is 1. The van der Waals surface area contributed by atoms with Crippen molar-refractivity contribution in [1.82, 2.24) is 4.98 Å². The lowest BCUT2D eigenvalue weighted by molar-refractivity contribution is -0.384. The maximum absolute atomic E-state index is 11.1. The first kappa shape index (κ1) is 14.7. The van der Waals surface area contributed by atoms with E-state index in [0.29, 0.717) is 29.6 Å². The maximum atomic E-state index is 11.1. The fourth-order valence-corrected chi connectivity index (χ4v) is 1.99. The van der Waals surface area contributed by atoms with E-state index >= 15 is 0 Å². The fraction of sp³-hybridized carbons (Fsp3) is 0.286. The summed E-state index contributed by atoms with van der Waals surface area (Å²) in [5, 5.41) is 23.6. The average molecular weight is 289 g/mol. The highest BCUT2D eigenvalue weighted by molar-refractivity contribution is 5.95. The minimum Gasteiger partial charge on any atom is -0.481 e. The molecule has 7 heteroatoms. The number of nitro groups is 1. The van der Waals surface area contributed by atoms with E-state index in [1.54, 1.807) is 31.2 Å². The van der Waals surface area contributed by atoms with Gasteiger partial charge in [0.15, 0.2) is 0 Å². The van der Waals surface area contributed by atoms with Gasteiger partial charge in [-0.2, -0.15) is 0 Å². The molecular weight excluding hydrogens is 274 g/mol. The normalized spacial score (nSPS) is 12.0. The Morgan fingerprint density at radius 3 is 2.86 bits per heavy atom. The zero-order valence-corrected chi connectivity index (χ0v) is 11.4. The smallest absolute Gasteiger partial charge is 0.311 e. The molecule has 21 heavy (non-hydrogen) atoms. The predicted molar refractivity (Wildman–Crippen MR) is 78.3 cm³/mol. The highest BCUT2D eigenvalue weighted by atomic mass is 16.6. The zero-order chi connectivity index (χ0) is 15.4. The number of carboxylic acid groups (broad SMARTS) is 1. The third-order valence-corrected chi connectivity index (χ3v) is 3.25. The summed E-state index contributed by atoms with van der Waals surface area (Å²) in [7, 11) is 0. The van der Waals surface area contributed by atoms with E-state index in [9.17, 15) is 14.9 Å². The first-order valence-electron chi connectivity index (χ1n) is 6.49. The summed E-state index contributed by atoms with van der Waals surface area (Å²) in [6, 6.07) is 7.10. The van der Waals surface area contributed by atoms with Gasteiger partial charge in [0.05, 0.1) is 16.4 Å². The van der Waals surface area contributed by atoms with Crippen LogP contribution < -0.4 is 5.32 Å². The van der Waals surface area contributed by atoms with Gasteiger partial charge in [-0.05, 0) is 12.5 Å². The minimum atomic E-state index is -0.883. The molecule has 0 radical (unpaired) electrons. The summed E-state index contributed by atoms with van der Waals surface area (Å²) in [4.78, 5) is 25.4. The number of benzene rings is 1. The Morgan fingerprint density at radius 1 is 1.48 bits per heavy atom. The molecule has 1 atom stereocenters. The first-order chi connectivity index (χ1) is 10.0. The van der Waals surface area contributed by atoms with Gasteiger partial charge < -0.3 is 10.4 Å². The van der Waals surface area contributed by atoms with Crippen LogP contribution in [0.25, 0.3) is 10.9 Å². The van der Waals surface area contributed by atoms with E-state index < -0.39 is 16.8 Å². The van der Waals surface area contributed by atoms with E-state index in [1.807, 2.05) is 0 Å². The van der Waals surface area contributed by atoms with Crippen LogP contribution in [0.4, 0.5) is 11.4 Å². The molecule has 2 N–H and O–H groups in total. The molecule has 0 saturated heterocycles. The molecule has 2 rings (SSSR count). The Bertz CT molecular complexity index is 687. The lowest BCUT2D eigenvalue weighted by Gasteiger charge is -2.11. The number of pyridine rings is 1. The van der Waals surface area contributed by atoms with Gasteiger partial charge in [-0.1, -0.05) is 25.1 Å². The molecule has 0 aliphatic heterocycles. The standard InChI is InChI=1S/C14H15N3O4/c1-9(14(18)19)6-7-15-13-10-4-2-3-5-11(10)16-8-12(13)17(20)21/h2-5,8-9H,6-7H2,1H3,(H,15,16)(H,18,19). The van der Waals surface area contributed by atoms with Crippen molar-refractivity contribution in [3.05, 3.63) is 40.6 Å². The van der Waals surface area contributed by atoms with Gasteiger partial charge in [0.25, 0.3) is 0 Å². The summed E-state index contributed by atoms with van der Waals surface area (Å²) in [6.07, 6.45) is 1.59. The molecule has 0 spiro atoms. The molecular formula is C14H15N3O4. The van der Waals surface area contributed by atoms with Crippen LogP contribution in [0.5, 0.6) is 0 Å². The summed E-state index contributed by atoms with van der Waals surface area (Å²) >= 11 is 0. The summed E-state index contributed by atoms with van der Waals surface area (Å²) < 4.78 is 0. The van der Waals surface area contributed by atoms with Crippen molar-refractivity contribution in [2.45, 2.75) is 13.3 Å². The number of rotatable bonds is 6. The Labute approximate surface area is 120 Å². The van der Waals surface area contributed by atoms with Gasteiger partial charge in [-0.15, -0.1) is 0 Å². The molecule has 1 aromatic carbocycles. The number of fused-ring (bicyclic) bond motifs is 1. The third kappa shape index (κ3) is 3.25. The number of carbonyl (C=O) groups is 1. The molecule has 0 amide bonds. The van der Waals surface area contributed by atoms with Crippen LogP contribution in [0.2, 0.25) is 0 Å². The molecule has 0 fully saturated rings. The van der Waals surface area contributed by atoms with E-state index in [1.165, 1.54) is 6.20 Å². The van der Waals surface area contributed by atoms with Crippen LogP contribution in [0.15, 0.2) is 30.5 Å². The lowest BCUT2D eigenvalue weighted by Crippen LogP contribution is -2.15. The zero-order valence-electron chi connectivity index (χ0n) is 11.4. The monoisotopic (exact) mass is 289 g/mol. The number of nitrogens with one attached hydrogen (secondary N) is 1. The van der Waals surface area contributed by atoms with Crippen LogP contribution >= 0.6 is 0 Å². The minimum absolute atomic E-state index is 0.114. The van der Waals surface area contributed by atoms with E-state index in [0.717, 1.165) is 0 Å². The van der Waals surface area contributed by atoms with Gasteiger partial charge in [-0.3, -0.25) is 14.9 Å². The maximum Gasteiger partial charge on any atom is 0.311 e. The van der Waals surface area contributed by atoms with Crippen molar-refractivity contribution in [3.63, 3.8) is 0 Å². The largest absolute Gasteiger partial charge is 0.481 e. The highest BCUT2D eigenvalue weighted by Crippen LogP contribution is 2.31. The van der Waals surface area contributed by atoms with Gasteiger partial charge in [-0.25, -0.2) is 4.98 Å². The number of aromatic nitrogens is 1. The van der Waals surface area contributed by atoms with Crippen molar-refractivity contribution in [3.8, 4) is 0 Å². The quantitative estimate of drug-likeness (QED) is 0.625. The second-order valence-electron chi connectivity index (χ2n) is 4.75. The van der Waals surface area contributed by atoms with Crippen LogP contribution in [-0.2, 0) is 4.79 Å². The Hall–Kier alpha value is -2.70. The highest BCUT2D eigenvalue weighted by Gasteiger charge is 2.18. The molecule has 0 saturated carbocycles. The average Bonchev–Trinajstić information content (AvgIpc) is 2.46. The Balaban J connectivity index is 2.29. The van der Waals surface area contributed by atoms with Crippen molar-refractivity contribution < 1.29 is 14.8 Å². The third-order valence-electron chi connectivity index (χ3n) is 3.25. The molecule has 7 nitrogen and oxygen atoms in total. The van der Waals surface area contributed by atoms with Gasteiger partial charge >= 0.3 is 11.7 Å². The molecule has 2 aromatic rings. The van der Waals surface area contributed by atoms with Crippen molar-refractivity contribution in [2.75, 3.05) is 11.9 Å². The second kappa shape index (κ2) is 6.17. The number of anilines is 1. The molecule has 1 heterocycles. The van der Waals surface area contributed by atoms with Crippen LogP contribution in [0.1, 0.15) is 13.3 Å². The SMILES string of the molecule is CC(CCNc1c([N+](=O)[O-])cnc2ccccc12)C(=O)O. The lowest BCUT2D eigenvalue weighted by atomic mass is 10.1. The predicted octanol–water partition coefficient (Wildman–Crippen LogP) is 2.67. The van der Waals surface area contributed by atoms with E-state index in [4.69, 9.17) is 5.11 Å². The number of para-hydroxylation sites is 1. The molecule has 1 unspecified atom stereocenters. The summed E-state index contributed by atoms with van der Waals surface area (Å²) in [5.41, 5.74) is 0.914. The van der Waals surface area contributed by atoms with Gasteiger partial charge in [0.2, 0.25) is 0 Å². The van der Waals surface area contributed by atoms with Crippen LogP contribution in [0.3, 0.4) is 0 Å². The number of hydrogen-bond acceptors (Lipinski definition) is 5. The topological polar surface area (TPSA) is 105 Å².